The van der Waals surface area contributed by atoms with E-state index in [4.69, 9.17) is 0 Å². The number of nitro benzene ring substituents is 1. The van der Waals surface area contributed by atoms with E-state index in [0.29, 0.717) is 12.1 Å². The Balaban J connectivity index is 2.63. The lowest BCUT2D eigenvalue weighted by Crippen LogP contribution is -2.22. The zero-order valence-electron chi connectivity index (χ0n) is 10.6. The Morgan fingerprint density at radius 3 is 2.78 bits per heavy atom. The summed E-state index contributed by atoms with van der Waals surface area (Å²) in [6.45, 7) is 2.26. The normalized spacial score (nSPS) is 10.9. The Morgan fingerprint density at radius 1 is 1.44 bits per heavy atom. The lowest BCUT2D eigenvalue weighted by atomic mass is 10.2. The van der Waals surface area contributed by atoms with Crippen LogP contribution in [-0.4, -0.2) is 37.0 Å². The summed E-state index contributed by atoms with van der Waals surface area (Å²) in [6, 6.07) is 3.68. The van der Waals surface area contributed by atoms with E-state index in [1.807, 2.05) is 19.0 Å². The molecule has 0 aliphatic carbocycles. The van der Waals surface area contributed by atoms with E-state index >= 15 is 0 Å². The second kappa shape index (κ2) is 7.03. The molecule has 0 saturated heterocycles. The van der Waals surface area contributed by atoms with Gasteiger partial charge in [0.25, 0.3) is 5.69 Å². The van der Waals surface area contributed by atoms with Crippen LogP contribution < -0.4 is 5.32 Å². The van der Waals surface area contributed by atoms with E-state index < -0.39 is 10.7 Å². The molecule has 5 nitrogen and oxygen atoms in total. The van der Waals surface area contributed by atoms with Crippen LogP contribution in [0, 0.1) is 15.9 Å². The molecule has 0 atom stereocenters. The van der Waals surface area contributed by atoms with E-state index in [0.717, 1.165) is 25.6 Å². The summed E-state index contributed by atoms with van der Waals surface area (Å²) in [6.07, 6.45) is 0.977. The third-order valence-corrected chi connectivity index (χ3v) is 2.57. The molecule has 0 aliphatic heterocycles. The van der Waals surface area contributed by atoms with Crippen LogP contribution in [0.3, 0.4) is 0 Å². The van der Waals surface area contributed by atoms with Crippen LogP contribution in [0.15, 0.2) is 18.2 Å². The molecule has 0 bridgehead atoms. The summed E-state index contributed by atoms with van der Waals surface area (Å²) in [5.74, 6) is -0.567. The van der Waals surface area contributed by atoms with Crippen molar-refractivity contribution >= 4 is 5.69 Å². The molecular weight excluding hydrogens is 237 g/mol. The van der Waals surface area contributed by atoms with Crippen molar-refractivity contribution in [3.8, 4) is 0 Å². The third kappa shape index (κ3) is 4.77. The van der Waals surface area contributed by atoms with Gasteiger partial charge in [-0.2, -0.15) is 0 Å². The van der Waals surface area contributed by atoms with Gasteiger partial charge in [0, 0.05) is 12.6 Å². The lowest BCUT2D eigenvalue weighted by Gasteiger charge is -2.16. The summed E-state index contributed by atoms with van der Waals surface area (Å²) in [7, 11) is 3.79. The fraction of sp³-hybridized carbons (Fsp3) is 0.500. The molecule has 0 aromatic heterocycles. The van der Waals surface area contributed by atoms with E-state index in [1.54, 1.807) is 0 Å². The van der Waals surface area contributed by atoms with Gasteiger partial charge in [-0.3, -0.25) is 10.1 Å². The first-order valence-corrected chi connectivity index (χ1v) is 5.80. The summed E-state index contributed by atoms with van der Waals surface area (Å²) in [4.78, 5) is 12.1. The zero-order valence-corrected chi connectivity index (χ0v) is 10.6. The molecule has 1 aromatic rings. The predicted molar refractivity (Wildman–Crippen MR) is 67.9 cm³/mol. The number of hydrogen-bond donors (Lipinski definition) is 1. The zero-order chi connectivity index (χ0) is 13.5. The maximum Gasteiger partial charge on any atom is 0.272 e. The van der Waals surface area contributed by atoms with Gasteiger partial charge >= 0.3 is 0 Å². The van der Waals surface area contributed by atoms with E-state index in [1.165, 1.54) is 12.1 Å². The Morgan fingerprint density at radius 2 is 2.17 bits per heavy atom. The minimum Gasteiger partial charge on any atom is -0.320 e. The minimum atomic E-state index is -0.576. The SMILES string of the molecule is CNCCCN(C)Cc1cc(F)cc([N+](=O)[O-])c1. The van der Waals surface area contributed by atoms with Crippen LogP contribution >= 0.6 is 0 Å². The second-order valence-electron chi connectivity index (χ2n) is 4.27. The molecule has 0 radical (unpaired) electrons. The first kappa shape index (κ1) is 14.5. The molecule has 0 amide bonds. The van der Waals surface area contributed by atoms with Gasteiger partial charge in [0.2, 0.25) is 0 Å². The Labute approximate surface area is 106 Å². The molecule has 1 aromatic carbocycles. The van der Waals surface area contributed by atoms with E-state index in [9.17, 15) is 14.5 Å². The highest BCUT2D eigenvalue weighted by Gasteiger charge is 2.10. The topological polar surface area (TPSA) is 58.4 Å². The molecule has 0 heterocycles. The Kier molecular flexibility index (Phi) is 5.67. The molecule has 6 heteroatoms. The number of non-ortho nitro benzene ring substituents is 1. The maximum absolute atomic E-state index is 13.2. The van der Waals surface area contributed by atoms with Crippen LogP contribution in [0.25, 0.3) is 0 Å². The third-order valence-electron chi connectivity index (χ3n) is 2.57. The smallest absolute Gasteiger partial charge is 0.272 e. The van der Waals surface area contributed by atoms with Crippen LogP contribution in [0.2, 0.25) is 0 Å². The molecule has 1 rings (SSSR count). The fourth-order valence-electron chi connectivity index (χ4n) is 1.75. The Hall–Kier alpha value is -1.53. The molecule has 0 fully saturated rings. The van der Waals surface area contributed by atoms with Crippen molar-refractivity contribution in [3.63, 3.8) is 0 Å². The number of benzene rings is 1. The molecule has 1 N–H and O–H groups in total. The van der Waals surface area contributed by atoms with Crippen molar-refractivity contribution in [1.82, 2.24) is 10.2 Å². The van der Waals surface area contributed by atoms with Crippen LogP contribution in [-0.2, 0) is 6.54 Å². The first-order valence-electron chi connectivity index (χ1n) is 5.80. The maximum atomic E-state index is 13.2. The van der Waals surface area contributed by atoms with E-state index in [-0.39, 0.29) is 5.69 Å². The number of nitro groups is 1. The van der Waals surface area contributed by atoms with Gasteiger partial charge in [-0.1, -0.05) is 0 Å². The van der Waals surface area contributed by atoms with Crippen molar-refractivity contribution in [2.75, 3.05) is 27.2 Å². The highest BCUT2D eigenvalue weighted by atomic mass is 19.1. The van der Waals surface area contributed by atoms with Crippen LogP contribution in [0.4, 0.5) is 10.1 Å². The van der Waals surface area contributed by atoms with Gasteiger partial charge in [-0.15, -0.1) is 0 Å². The monoisotopic (exact) mass is 255 g/mol. The average molecular weight is 255 g/mol. The van der Waals surface area contributed by atoms with Gasteiger partial charge in [0.05, 0.1) is 11.0 Å². The molecule has 18 heavy (non-hydrogen) atoms. The molecule has 100 valence electrons. The minimum absolute atomic E-state index is 0.200. The average Bonchev–Trinajstić information content (AvgIpc) is 2.28. The van der Waals surface area contributed by atoms with Gasteiger partial charge in [-0.05, 0) is 45.2 Å². The first-order chi connectivity index (χ1) is 8.52. The standard InChI is InChI=1S/C12H18FN3O2/c1-14-4-3-5-15(2)9-10-6-11(13)8-12(7-10)16(17)18/h6-8,14H,3-5,9H2,1-2H3. The van der Waals surface area contributed by atoms with Gasteiger partial charge in [-0.25, -0.2) is 4.39 Å². The van der Waals surface area contributed by atoms with Gasteiger partial charge in [0.1, 0.15) is 5.82 Å². The summed E-state index contributed by atoms with van der Waals surface area (Å²) in [5.41, 5.74) is 0.419. The molecule has 0 unspecified atom stereocenters. The molecule has 0 spiro atoms. The van der Waals surface area contributed by atoms with Crippen LogP contribution in [0.5, 0.6) is 0 Å². The number of nitrogens with zero attached hydrogens (tertiary/aromatic N) is 2. The fourth-order valence-corrected chi connectivity index (χ4v) is 1.75. The lowest BCUT2D eigenvalue weighted by molar-refractivity contribution is -0.385. The van der Waals surface area contributed by atoms with Gasteiger partial charge in [0.15, 0.2) is 0 Å². The number of nitrogens with one attached hydrogen (secondary N) is 1. The Bertz CT molecular complexity index is 412. The molecule has 0 saturated carbocycles. The van der Waals surface area contributed by atoms with Gasteiger partial charge < -0.3 is 10.2 Å². The van der Waals surface area contributed by atoms with Crippen LogP contribution in [0.1, 0.15) is 12.0 Å². The highest BCUT2D eigenvalue weighted by Crippen LogP contribution is 2.17. The second-order valence-corrected chi connectivity index (χ2v) is 4.27. The van der Waals surface area contributed by atoms with E-state index in [2.05, 4.69) is 5.32 Å². The van der Waals surface area contributed by atoms with Crippen molar-refractivity contribution in [3.05, 3.63) is 39.7 Å². The van der Waals surface area contributed by atoms with Crippen molar-refractivity contribution in [2.45, 2.75) is 13.0 Å². The predicted octanol–water partition coefficient (Wildman–Crippen LogP) is 1.78. The van der Waals surface area contributed by atoms with Crippen molar-refractivity contribution in [2.24, 2.45) is 0 Å². The summed E-state index contributed by atoms with van der Waals surface area (Å²) < 4.78 is 13.2. The number of rotatable bonds is 7. The quantitative estimate of drug-likeness (QED) is 0.458. The number of halogens is 1. The molecular formula is C12H18FN3O2. The summed E-state index contributed by atoms with van der Waals surface area (Å²) in [5, 5.41) is 13.7. The summed E-state index contributed by atoms with van der Waals surface area (Å²) >= 11 is 0. The largest absolute Gasteiger partial charge is 0.320 e. The molecule has 0 aliphatic rings. The van der Waals surface area contributed by atoms with Crippen molar-refractivity contribution < 1.29 is 9.31 Å². The number of hydrogen-bond acceptors (Lipinski definition) is 4. The highest BCUT2D eigenvalue weighted by molar-refractivity contribution is 5.35. The van der Waals surface area contributed by atoms with Crippen molar-refractivity contribution in [1.29, 1.82) is 0 Å².